The molecule has 0 aromatic carbocycles. The van der Waals surface area contributed by atoms with Crippen molar-refractivity contribution in [2.24, 2.45) is 5.92 Å². The molecule has 0 saturated carbocycles. The van der Waals surface area contributed by atoms with Gasteiger partial charge in [-0.05, 0) is 65.0 Å². The SMILES string of the molecule is Cc1nc(C)c(C(=O)NC(C)(C)CC(C)C)c(C)c1C. The lowest BCUT2D eigenvalue weighted by atomic mass is 9.91. The van der Waals surface area contributed by atoms with E-state index in [0.717, 1.165) is 34.5 Å². The average Bonchev–Trinajstić information content (AvgIpc) is 2.23. The van der Waals surface area contributed by atoms with E-state index in [4.69, 9.17) is 0 Å². The molecular formula is C17H28N2O. The molecule has 0 bridgehead atoms. The van der Waals surface area contributed by atoms with Crippen molar-refractivity contribution in [3.63, 3.8) is 0 Å². The number of carbonyl (C=O) groups excluding carboxylic acids is 1. The van der Waals surface area contributed by atoms with Gasteiger partial charge < -0.3 is 5.32 Å². The molecular weight excluding hydrogens is 248 g/mol. The lowest BCUT2D eigenvalue weighted by Crippen LogP contribution is -2.44. The molecule has 0 spiro atoms. The molecule has 3 nitrogen and oxygen atoms in total. The maximum absolute atomic E-state index is 12.6. The summed E-state index contributed by atoms with van der Waals surface area (Å²) in [5.41, 5.74) is 4.46. The predicted molar refractivity (Wildman–Crippen MR) is 84.2 cm³/mol. The van der Waals surface area contributed by atoms with Crippen LogP contribution in [-0.2, 0) is 0 Å². The first-order valence-corrected chi connectivity index (χ1v) is 7.32. The molecule has 112 valence electrons. The number of rotatable bonds is 4. The van der Waals surface area contributed by atoms with Gasteiger partial charge in [-0.2, -0.15) is 0 Å². The van der Waals surface area contributed by atoms with E-state index in [2.05, 4.69) is 38.0 Å². The molecule has 1 rings (SSSR count). The molecule has 1 amide bonds. The van der Waals surface area contributed by atoms with Crippen molar-refractivity contribution < 1.29 is 4.79 Å². The summed E-state index contributed by atoms with van der Waals surface area (Å²) in [6, 6.07) is 0. The third-order valence-electron chi connectivity index (χ3n) is 3.77. The van der Waals surface area contributed by atoms with Crippen LogP contribution in [0.15, 0.2) is 0 Å². The van der Waals surface area contributed by atoms with E-state index >= 15 is 0 Å². The Morgan fingerprint density at radius 1 is 1.10 bits per heavy atom. The van der Waals surface area contributed by atoms with E-state index in [1.165, 1.54) is 0 Å². The monoisotopic (exact) mass is 276 g/mol. The maximum atomic E-state index is 12.6. The number of nitrogens with zero attached hydrogens (tertiary/aromatic N) is 1. The van der Waals surface area contributed by atoms with Gasteiger partial charge in [0.25, 0.3) is 5.91 Å². The summed E-state index contributed by atoms with van der Waals surface area (Å²) in [7, 11) is 0. The fraction of sp³-hybridized carbons (Fsp3) is 0.647. The molecule has 3 heteroatoms. The highest BCUT2D eigenvalue weighted by atomic mass is 16.1. The quantitative estimate of drug-likeness (QED) is 0.907. The van der Waals surface area contributed by atoms with E-state index in [1.807, 2.05) is 27.7 Å². The summed E-state index contributed by atoms with van der Waals surface area (Å²) >= 11 is 0. The average molecular weight is 276 g/mol. The molecule has 1 N–H and O–H groups in total. The van der Waals surface area contributed by atoms with Gasteiger partial charge in [-0.15, -0.1) is 0 Å². The number of pyridine rings is 1. The third kappa shape index (κ3) is 3.81. The Balaban J connectivity index is 3.08. The lowest BCUT2D eigenvalue weighted by molar-refractivity contribution is 0.0902. The van der Waals surface area contributed by atoms with Gasteiger partial charge in [0.05, 0.1) is 11.3 Å². The molecule has 20 heavy (non-hydrogen) atoms. The number of hydrogen-bond acceptors (Lipinski definition) is 2. The molecule has 0 saturated heterocycles. The smallest absolute Gasteiger partial charge is 0.253 e. The Bertz CT molecular complexity index is 516. The first-order chi connectivity index (χ1) is 9.05. The molecule has 0 aliphatic heterocycles. The number of aromatic nitrogens is 1. The van der Waals surface area contributed by atoms with E-state index < -0.39 is 0 Å². The Morgan fingerprint density at radius 2 is 1.65 bits per heavy atom. The summed E-state index contributed by atoms with van der Waals surface area (Å²) in [4.78, 5) is 17.1. The van der Waals surface area contributed by atoms with Crippen molar-refractivity contribution in [1.82, 2.24) is 10.3 Å². The van der Waals surface area contributed by atoms with E-state index in [1.54, 1.807) is 0 Å². The molecule has 0 aliphatic rings. The van der Waals surface area contributed by atoms with Gasteiger partial charge in [0.1, 0.15) is 0 Å². The Kier molecular flexibility index (Phi) is 4.95. The van der Waals surface area contributed by atoms with E-state index in [9.17, 15) is 4.79 Å². The predicted octanol–water partition coefficient (Wildman–Crippen LogP) is 3.87. The van der Waals surface area contributed by atoms with Crippen LogP contribution in [0.25, 0.3) is 0 Å². The van der Waals surface area contributed by atoms with Crippen LogP contribution in [0.5, 0.6) is 0 Å². The van der Waals surface area contributed by atoms with Crippen LogP contribution in [0.1, 0.15) is 67.0 Å². The van der Waals surface area contributed by atoms with Gasteiger partial charge in [0.2, 0.25) is 0 Å². The minimum atomic E-state index is -0.205. The van der Waals surface area contributed by atoms with Crippen molar-refractivity contribution >= 4 is 5.91 Å². The molecule has 1 aromatic rings. The van der Waals surface area contributed by atoms with Gasteiger partial charge in [0, 0.05) is 11.2 Å². The number of nitrogens with one attached hydrogen (secondary N) is 1. The molecule has 0 unspecified atom stereocenters. The third-order valence-corrected chi connectivity index (χ3v) is 3.77. The van der Waals surface area contributed by atoms with Gasteiger partial charge >= 0.3 is 0 Å². The molecule has 0 aliphatic carbocycles. The Morgan fingerprint density at radius 3 is 2.15 bits per heavy atom. The first-order valence-electron chi connectivity index (χ1n) is 7.32. The number of carbonyl (C=O) groups is 1. The Labute approximate surface area is 123 Å². The van der Waals surface area contributed by atoms with Gasteiger partial charge in [0.15, 0.2) is 0 Å². The zero-order valence-corrected chi connectivity index (χ0v) is 14.1. The van der Waals surface area contributed by atoms with Crippen molar-refractivity contribution in [2.45, 2.75) is 67.3 Å². The second-order valence-corrected chi connectivity index (χ2v) is 6.84. The lowest BCUT2D eigenvalue weighted by Gasteiger charge is -2.29. The normalized spacial score (nSPS) is 11.8. The van der Waals surface area contributed by atoms with Crippen LogP contribution in [0.3, 0.4) is 0 Å². The maximum Gasteiger partial charge on any atom is 0.253 e. The van der Waals surface area contributed by atoms with Gasteiger partial charge in [-0.25, -0.2) is 0 Å². The zero-order valence-electron chi connectivity index (χ0n) is 14.1. The minimum absolute atomic E-state index is 0.0127. The standard InChI is InChI=1S/C17H28N2O/c1-10(2)9-17(7,8)19-16(20)15-12(4)11(3)13(5)18-14(15)6/h10H,9H2,1-8H3,(H,19,20). The highest BCUT2D eigenvalue weighted by molar-refractivity contribution is 5.97. The molecule has 1 aromatic heterocycles. The number of hydrogen-bond donors (Lipinski definition) is 1. The van der Waals surface area contributed by atoms with Crippen LogP contribution >= 0.6 is 0 Å². The van der Waals surface area contributed by atoms with Crippen LogP contribution in [0.2, 0.25) is 0 Å². The fourth-order valence-corrected chi connectivity index (χ4v) is 2.90. The summed E-state index contributed by atoms with van der Waals surface area (Å²) in [6.45, 7) is 16.4. The molecule has 0 atom stereocenters. The number of amides is 1. The van der Waals surface area contributed by atoms with Crippen LogP contribution in [0.4, 0.5) is 0 Å². The molecule has 0 fully saturated rings. The second-order valence-electron chi connectivity index (χ2n) is 6.84. The van der Waals surface area contributed by atoms with Crippen molar-refractivity contribution in [3.8, 4) is 0 Å². The fourth-order valence-electron chi connectivity index (χ4n) is 2.90. The van der Waals surface area contributed by atoms with Crippen molar-refractivity contribution in [3.05, 3.63) is 28.1 Å². The van der Waals surface area contributed by atoms with Crippen LogP contribution < -0.4 is 5.32 Å². The highest BCUT2D eigenvalue weighted by Crippen LogP contribution is 2.21. The molecule has 0 radical (unpaired) electrons. The minimum Gasteiger partial charge on any atom is -0.347 e. The largest absolute Gasteiger partial charge is 0.347 e. The van der Waals surface area contributed by atoms with Crippen molar-refractivity contribution in [1.29, 1.82) is 0 Å². The first kappa shape index (κ1) is 16.7. The van der Waals surface area contributed by atoms with Crippen LogP contribution in [-0.4, -0.2) is 16.4 Å². The zero-order chi connectivity index (χ0) is 15.7. The van der Waals surface area contributed by atoms with E-state index in [0.29, 0.717) is 5.92 Å². The summed E-state index contributed by atoms with van der Waals surface area (Å²) < 4.78 is 0. The number of aryl methyl sites for hydroxylation is 2. The van der Waals surface area contributed by atoms with E-state index in [-0.39, 0.29) is 11.4 Å². The van der Waals surface area contributed by atoms with Crippen LogP contribution in [0, 0.1) is 33.6 Å². The molecule has 1 heterocycles. The summed E-state index contributed by atoms with van der Waals surface area (Å²) in [5.74, 6) is 0.534. The topological polar surface area (TPSA) is 42.0 Å². The Hall–Kier alpha value is -1.38. The summed E-state index contributed by atoms with van der Waals surface area (Å²) in [6.07, 6.45) is 0.953. The van der Waals surface area contributed by atoms with Gasteiger partial charge in [-0.3, -0.25) is 9.78 Å². The summed E-state index contributed by atoms with van der Waals surface area (Å²) in [5, 5.41) is 3.15. The van der Waals surface area contributed by atoms with Gasteiger partial charge in [-0.1, -0.05) is 13.8 Å². The highest BCUT2D eigenvalue weighted by Gasteiger charge is 2.25. The van der Waals surface area contributed by atoms with Crippen molar-refractivity contribution in [2.75, 3.05) is 0 Å². The second kappa shape index (κ2) is 5.94.